The van der Waals surface area contributed by atoms with E-state index in [0.717, 1.165) is 6.07 Å². The molecule has 0 fully saturated rings. The van der Waals surface area contributed by atoms with Gasteiger partial charge in [0.25, 0.3) is 0 Å². The van der Waals surface area contributed by atoms with E-state index in [1.54, 1.807) is 0 Å². The lowest BCUT2D eigenvalue weighted by Crippen LogP contribution is -2.07. The van der Waals surface area contributed by atoms with Crippen LogP contribution in [0.25, 0.3) is 0 Å². The van der Waals surface area contributed by atoms with Gasteiger partial charge >= 0.3 is 5.69 Å². The third-order valence-corrected chi connectivity index (χ3v) is 2.11. The summed E-state index contributed by atoms with van der Waals surface area (Å²) in [7, 11) is 0. The number of hydrogen-bond acceptors (Lipinski definition) is 4. The van der Waals surface area contributed by atoms with Gasteiger partial charge in [0.2, 0.25) is 5.82 Å². The standard InChI is InChI=1S/C10H12F2N2O3/c11-7-5-8(12)10(14(16)17)9(6-7)13-3-1-2-4-15/h5-6,13,15H,1-4H2. The van der Waals surface area contributed by atoms with Crippen molar-refractivity contribution in [1.29, 1.82) is 0 Å². The SMILES string of the molecule is O=[N+]([O-])c1c(F)cc(F)cc1NCCCCO. The molecule has 1 aromatic rings. The van der Waals surface area contributed by atoms with Gasteiger partial charge in [0.05, 0.1) is 4.92 Å². The first-order valence-corrected chi connectivity index (χ1v) is 5.04. The zero-order chi connectivity index (χ0) is 12.8. The van der Waals surface area contributed by atoms with Gasteiger partial charge in [0.1, 0.15) is 11.5 Å². The highest BCUT2D eigenvalue weighted by Crippen LogP contribution is 2.28. The van der Waals surface area contributed by atoms with E-state index in [2.05, 4.69) is 5.32 Å². The Morgan fingerprint density at radius 2 is 2.06 bits per heavy atom. The Morgan fingerprint density at radius 1 is 1.35 bits per heavy atom. The van der Waals surface area contributed by atoms with Crippen molar-refractivity contribution in [3.63, 3.8) is 0 Å². The van der Waals surface area contributed by atoms with E-state index >= 15 is 0 Å². The number of nitrogens with zero attached hydrogens (tertiary/aromatic N) is 1. The van der Waals surface area contributed by atoms with E-state index in [0.29, 0.717) is 25.5 Å². The van der Waals surface area contributed by atoms with Crippen LogP contribution >= 0.6 is 0 Å². The number of nitro groups is 1. The van der Waals surface area contributed by atoms with Gasteiger partial charge in [-0.3, -0.25) is 10.1 Å². The summed E-state index contributed by atoms with van der Waals surface area (Å²) < 4.78 is 26.1. The molecular weight excluding hydrogens is 234 g/mol. The van der Waals surface area contributed by atoms with Crippen LogP contribution in [0.3, 0.4) is 0 Å². The summed E-state index contributed by atoms with van der Waals surface area (Å²) in [5.74, 6) is -2.09. The second-order valence-electron chi connectivity index (χ2n) is 3.40. The fraction of sp³-hybridized carbons (Fsp3) is 0.400. The maximum absolute atomic E-state index is 13.2. The Balaban J connectivity index is 2.85. The summed E-state index contributed by atoms with van der Waals surface area (Å²) in [5, 5.41) is 21.7. The minimum atomic E-state index is -1.21. The molecule has 0 bridgehead atoms. The Labute approximate surface area is 96.2 Å². The van der Waals surface area contributed by atoms with Crippen LogP contribution in [-0.2, 0) is 0 Å². The van der Waals surface area contributed by atoms with Crippen LogP contribution in [0.5, 0.6) is 0 Å². The van der Waals surface area contributed by atoms with Crippen LogP contribution in [0.15, 0.2) is 12.1 Å². The fourth-order valence-electron chi connectivity index (χ4n) is 1.35. The van der Waals surface area contributed by atoms with E-state index in [1.165, 1.54) is 0 Å². The van der Waals surface area contributed by atoms with Gasteiger partial charge in [0.15, 0.2) is 0 Å². The van der Waals surface area contributed by atoms with Crippen molar-refractivity contribution >= 4 is 11.4 Å². The van der Waals surface area contributed by atoms with Crippen LogP contribution in [0, 0.1) is 21.7 Å². The van der Waals surface area contributed by atoms with Gasteiger partial charge < -0.3 is 10.4 Å². The smallest absolute Gasteiger partial charge is 0.327 e. The van der Waals surface area contributed by atoms with Gasteiger partial charge in [-0.1, -0.05) is 0 Å². The lowest BCUT2D eigenvalue weighted by Gasteiger charge is -2.07. The molecule has 0 aliphatic carbocycles. The number of nitrogens with one attached hydrogen (secondary N) is 1. The van der Waals surface area contributed by atoms with E-state index in [1.807, 2.05) is 0 Å². The molecular formula is C10H12F2N2O3. The van der Waals surface area contributed by atoms with Crippen LogP contribution in [0.1, 0.15) is 12.8 Å². The summed E-state index contributed by atoms with van der Waals surface area (Å²) in [4.78, 5) is 9.71. The zero-order valence-corrected chi connectivity index (χ0v) is 8.95. The number of benzene rings is 1. The lowest BCUT2D eigenvalue weighted by molar-refractivity contribution is -0.386. The Hall–Kier alpha value is -1.76. The predicted octanol–water partition coefficient (Wildman–Crippen LogP) is 2.06. The molecule has 0 spiro atoms. The van der Waals surface area contributed by atoms with Crippen molar-refractivity contribution in [1.82, 2.24) is 0 Å². The number of nitro benzene ring substituents is 1. The largest absolute Gasteiger partial charge is 0.396 e. The van der Waals surface area contributed by atoms with Crippen molar-refractivity contribution < 1.29 is 18.8 Å². The van der Waals surface area contributed by atoms with E-state index < -0.39 is 22.2 Å². The molecule has 0 aliphatic heterocycles. The van der Waals surface area contributed by atoms with Crippen LogP contribution in [-0.4, -0.2) is 23.2 Å². The number of rotatable bonds is 6. The van der Waals surface area contributed by atoms with E-state index in [-0.39, 0.29) is 12.3 Å². The molecule has 0 heterocycles. The molecule has 0 saturated carbocycles. The number of hydrogen-bond donors (Lipinski definition) is 2. The quantitative estimate of drug-likeness (QED) is 0.457. The average molecular weight is 246 g/mol. The molecule has 2 N–H and O–H groups in total. The fourth-order valence-corrected chi connectivity index (χ4v) is 1.35. The Bertz CT molecular complexity index is 413. The van der Waals surface area contributed by atoms with Gasteiger partial charge in [-0.05, 0) is 12.8 Å². The van der Waals surface area contributed by atoms with Crippen molar-refractivity contribution in [2.45, 2.75) is 12.8 Å². The molecule has 94 valence electrons. The number of anilines is 1. The predicted molar refractivity (Wildman–Crippen MR) is 57.8 cm³/mol. The van der Waals surface area contributed by atoms with Crippen molar-refractivity contribution in [2.75, 3.05) is 18.5 Å². The Kier molecular flexibility index (Phi) is 4.77. The molecule has 17 heavy (non-hydrogen) atoms. The average Bonchev–Trinajstić information content (AvgIpc) is 2.22. The van der Waals surface area contributed by atoms with Gasteiger partial charge in [-0.15, -0.1) is 0 Å². The molecule has 0 radical (unpaired) electrons. The highest BCUT2D eigenvalue weighted by molar-refractivity contribution is 5.62. The summed E-state index contributed by atoms with van der Waals surface area (Å²) in [6.07, 6.45) is 1.06. The molecule has 5 nitrogen and oxygen atoms in total. The molecule has 7 heteroatoms. The highest BCUT2D eigenvalue weighted by atomic mass is 19.1. The monoisotopic (exact) mass is 246 g/mol. The van der Waals surface area contributed by atoms with Crippen molar-refractivity contribution in [3.8, 4) is 0 Å². The first kappa shape index (κ1) is 13.3. The molecule has 0 unspecified atom stereocenters. The zero-order valence-electron chi connectivity index (χ0n) is 8.95. The van der Waals surface area contributed by atoms with E-state index in [4.69, 9.17) is 5.11 Å². The maximum atomic E-state index is 13.2. The first-order valence-electron chi connectivity index (χ1n) is 5.04. The lowest BCUT2D eigenvalue weighted by atomic mass is 10.2. The van der Waals surface area contributed by atoms with Crippen LogP contribution in [0.2, 0.25) is 0 Å². The molecule has 1 aromatic carbocycles. The number of unbranched alkanes of at least 4 members (excludes halogenated alkanes) is 1. The maximum Gasteiger partial charge on any atom is 0.327 e. The summed E-state index contributed by atoms with van der Waals surface area (Å²) in [5.41, 5.74) is -0.958. The second kappa shape index (κ2) is 6.09. The molecule has 0 amide bonds. The molecule has 0 atom stereocenters. The molecule has 1 rings (SSSR count). The van der Waals surface area contributed by atoms with Gasteiger partial charge in [-0.25, -0.2) is 4.39 Å². The minimum absolute atomic E-state index is 0.00127. The minimum Gasteiger partial charge on any atom is -0.396 e. The van der Waals surface area contributed by atoms with Crippen LogP contribution < -0.4 is 5.32 Å². The topological polar surface area (TPSA) is 75.4 Å². The highest BCUT2D eigenvalue weighted by Gasteiger charge is 2.21. The van der Waals surface area contributed by atoms with Crippen molar-refractivity contribution in [2.24, 2.45) is 0 Å². The number of halogens is 2. The summed E-state index contributed by atoms with van der Waals surface area (Å²) >= 11 is 0. The molecule has 0 aliphatic rings. The van der Waals surface area contributed by atoms with E-state index in [9.17, 15) is 18.9 Å². The normalized spacial score (nSPS) is 10.3. The summed E-state index contributed by atoms with van der Waals surface area (Å²) in [6.45, 7) is 0.297. The summed E-state index contributed by atoms with van der Waals surface area (Å²) in [6, 6.07) is 1.34. The third kappa shape index (κ3) is 3.63. The number of aliphatic hydroxyl groups is 1. The number of aliphatic hydroxyl groups excluding tert-OH is 1. The van der Waals surface area contributed by atoms with Gasteiger partial charge in [-0.2, -0.15) is 4.39 Å². The van der Waals surface area contributed by atoms with Gasteiger partial charge in [0, 0.05) is 25.3 Å². The molecule has 0 saturated heterocycles. The van der Waals surface area contributed by atoms with Crippen molar-refractivity contribution in [3.05, 3.63) is 33.9 Å². The first-order chi connectivity index (χ1) is 8.06. The molecule has 0 aromatic heterocycles. The Morgan fingerprint density at radius 3 is 2.65 bits per heavy atom. The second-order valence-corrected chi connectivity index (χ2v) is 3.40. The third-order valence-electron chi connectivity index (χ3n) is 2.11. The van der Waals surface area contributed by atoms with Crippen LogP contribution in [0.4, 0.5) is 20.2 Å².